The van der Waals surface area contributed by atoms with Gasteiger partial charge in [0, 0.05) is 31.6 Å². The Bertz CT molecular complexity index is 573. The van der Waals surface area contributed by atoms with Gasteiger partial charge in [0.2, 0.25) is 11.8 Å². The molecule has 1 aromatic rings. The van der Waals surface area contributed by atoms with E-state index in [-0.39, 0.29) is 30.3 Å². The maximum atomic E-state index is 12.5. The van der Waals surface area contributed by atoms with Crippen LogP contribution < -0.4 is 11.1 Å². The number of ether oxygens (including phenoxy) is 1. The van der Waals surface area contributed by atoms with Crippen molar-refractivity contribution in [2.45, 2.75) is 25.9 Å². The minimum absolute atomic E-state index is 0.0317. The van der Waals surface area contributed by atoms with Crippen molar-refractivity contribution in [3.05, 3.63) is 22.4 Å². The fourth-order valence-electron chi connectivity index (χ4n) is 2.83. The molecule has 2 atom stereocenters. The number of rotatable bonds is 8. The summed E-state index contributed by atoms with van der Waals surface area (Å²) in [6.07, 6.45) is 0. The Balaban J connectivity index is 1.92. The summed E-state index contributed by atoms with van der Waals surface area (Å²) in [5, 5.41) is 4.70. The summed E-state index contributed by atoms with van der Waals surface area (Å²) in [6.45, 7) is 7.43. The molecule has 0 saturated carbocycles. The zero-order valence-corrected chi connectivity index (χ0v) is 16.6. The van der Waals surface area contributed by atoms with Gasteiger partial charge < -0.3 is 20.7 Å². The van der Waals surface area contributed by atoms with Crippen LogP contribution in [0.3, 0.4) is 0 Å². The molecular formula is C18H30N4O3S. The molecule has 1 aliphatic heterocycles. The van der Waals surface area contributed by atoms with E-state index in [4.69, 9.17) is 10.5 Å². The molecule has 0 aliphatic carbocycles. The highest BCUT2D eigenvalue weighted by molar-refractivity contribution is 7.10. The summed E-state index contributed by atoms with van der Waals surface area (Å²) in [4.78, 5) is 29.7. The van der Waals surface area contributed by atoms with E-state index >= 15 is 0 Å². The van der Waals surface area contributed by atoms with Crippen molar-refractivity contribution in [2.75, 3.05) is 46.4 Å². The Labute approximate surface area is 159 Å². The summed E-state index contributed by atoms with van der Waals surface area (Å²) < 4.78 is 5.45. The Morgan fingerprint density at radius 1 is 1.38 bits per heavy atom. The molecular weight excluding hydrogens is 352 g/mol. The number of amides is 2. The highest BCUT2D eigenvalue weighted by Crippen LogP contribution is 2.26. The van der Waals surface area contributed by atoms with Crippen LogP contribution in [0.5, 0.6) is 0 Å². The molecule has 3 N–H and O–H groups in total. The quantitative estimate of drug-likeness (QED) is 0.690. The number of hydrogen-bond donors (Lipinski definition) is 2. The summed E-state index contributed by atoms with van der Waals surface area (Å²) in [5.41, 5.74) is 5.81. The van der Waals surface area contributed by atoms with Gasteiger partial charge in [0.15, 0.2) is 0 Å². The Kier molecular flexibility index (Phi) is 8.02. The maximum Gasteiger partial charge on any atom is 0.241 e. The predicted octanol–water partition coefficient (Wildman–Crippen LogP) is 0.679. The first kappa shape index (κ1) is 20.8. The SMILES string of the molecule is CC(C)[C@H](N)C(=O)NCC(=O)N(C)CC(c1cccs1)N1CCOCC1. The summed E-state index contributed by atoms with van der Waals surface area (Å²) in [7, 11) is 1.78. The normalized spacial score (nSPS) is 17.7. The van der Waals surface area contributed by atoms with Gasteiger partial charge in [-0.3, -0.25) is 14.5 Å². The molecule has 1 unspecified atom stereocenters. The molecule has 26 heavy (non-hydrogen) atoms. The van der Waals surface area contributed by atoms with Crippen LogP contribution in [0.2, 0.25) is 0 Å². The van der Waals surface area contributed by atoms with Gasteiger partial charge in [0.1, 0.15) is 0 Å². The molecule has 2 heterocycles. The lowest BCUT2D eigenvalue weighted by Crippen LogP contribution is -2.49. The van der Waals surface area contributed by atoms with Crippen molar-refractivity contribution < 1.29 is 14.3 Å². The second kappa shape index (κ2) is 10.0. The topological polar surface area (TPSA) is 87.9 Å². The van der Waals surface area contributed by atoms with Crippen LogP contribution in [-0.4, -0.2) is 74.1 Å². The molecule has 0 spiro atoms. The van der Waals surface area contributed by atoms with Gasteiger partial charge in [-0.25, -0.2) is 0 Å². The summed E-state index contributed by atoms with van der Waals surface area (Å²) >= 11 is 1.70. The highest BCUT2D eigenvalue weighted by atomic mass is 32.1. The molecule has 1 aromatic heterocycles. The number of likely N-dealkylation sites (N-methyl/N-ethyl adjacent to an activating group) is 1. The zero-order chi connectivity index (χ0) is 19.1. The summed E-state index contributed by atoms with van der Waals surface area (Å²) in [5.74, 6) is -0.374. The fraction of sp³-hybridized carbons (Fsp3) is 0.667. The molecule has 1 saturated heterocycles. The van der Waals surface area contributed by atoms with Crippen LogP contribution in [0.25, 0.3) is 0 Å². The minimum Gasteiger partial charge on any atom is -0.379 e. The first-order chi connectivity index (χ1) is 12.4. The molecule has 146 valence electrons. The van der Waals surface area contributed by atoms with Crippen LogP contribution in [0.15, 0.2) is 17.5 Å². The van der Waals surface area contributed by atoms with E-state index in [1.54, 1.807) is 23.3 Å². The van der Waals surface area contributed by atoms with E-state index in [2.05, 4.69) is 21.7 Å². The van der Waals surface area contributed by atoms with Gasteiger partial charge >= 0.3 is 0 Å². The van der Waals surface area contributed by atoms with E-state index < -0.39 is 6.04 Å². The number of morpholine rings is 1. The van der Waals surface area contributed by atoms with E-state index in [9.17, 15) is 9.59 Å². The van der Waals surface area contributed by atoms with E-state index in [0.29, 0.717) is 19.8 Å². The van der Waals surface area contributed by atoms with Crippen LogP contribution in [0, 0.1) is 5.92 Å². The van der Waals surface area contributed by atoms with Crippen LogP contribution >= 0.6 is 11.3 Å². The molecule has 8 heteroatoms. The largest absolute Gasteiger partial charge is 0.379 e. The number of thiophene rings is 1. The summed E-state index contributed by atoms with van der Waals surface area (Å²) in [6, 6.07) is 3.68. The number of hydrogen-bond acceptors (Lipinski definition) is 6. The molecule has 2 rings (SSSR count). The third-order valence-corrected chi connectivity index (χ3v) is 5.64. The molecule has 1 aliphatic rings. The lowest BCUT2D eigenvalue weighted by molar-refractivity contribution is -0.133. The van der Waals surface area contributed by atoms with E-state index in [0.717, 1.165) is 13.1 Å². The Hall–Kier alpha value is -1.48. The number of nitrogens with one attached hydrogen (secondary N) is 1. The van der Waals surface area contributed by atoms with Crippen molar-refractivity contribution >= 4 is 23.2 Å². The first-order valence-electron chi connectivity index (χ1n) is 9.02. The molecule has 7 nitrogen and oxygen atoms in total. The van der Waals surface area contributed by atoms with E-state index in [1.165, 1.54) is 4.88 Å². The predicted molar refractivity (Wildman–Crippen MR) is 103 cm³/mol. The van der Waals surface area contributed by atoms with Gasteiger partial charge in [-0.15, -0.1) is 11.3 Å². The second-order valence-corrected chi connectivity index (χ2v) is 7.92. The molecule has 1 fully saturated rings. The van der Waals surface area contributed by atoms with Crippen molar-refractivity contribution in [3.63, 3.8) is 0 Å². The third kappa shape index (κ3) is 5.77. The number of nitrogens with two attached hydrogens (primary N) is 1. The minimum atomic E-state index is -0.597. The van der Waals surface area contributed by atoms with Crippen molar-refractivity contribution in [1.29, 1.82) is 0 Å². The van der Waals surface area contributed by atoms with Gasteiger partial charge in [0.25, 0.3) is 0 Å². The van der Waals surface area contributed by atoms with Crippen molar-refractivity contribution in [3.8, 4) is 0 Å². The molecule has 2 amide bonds. The second-order valence-electron chi connectivity index (χ2n) is 6.94. The fourth-order valence-corrected chi connectivity index (χ4v) is 3.69. The van der Waals surface area contributed by atoms with Crippen molar-refractivity contribution in [2.24, 2.45) is 11.7 Å². The smallest absolute Gasteiger partial charge is 0.241 e. The van der Waals surface area contributed by atoms with E-state index in [1.807, 2.05) is 19.9 Å². The van der Waals surface area contributed by atoms with Crippen molar-refractivity contribution in [1.82, 2.24) is 15.1 Å². The van der Waals surface area contributed by atoms with Gasteiger partial charge in [-0.05, 0) is 17.4 Å². The Morgan fingerprint density at radius 2 is 2.08 bits per heavy atom. The zero-order valence-electron chi connectivity index (χ0n) is 15.8. The maximum absolute atomic E-state index is 12.5. The van der Waals surface area contributed by atoms with Gasteiger partial charge in [-0.2, -0.15) is 0 Å². The molecule has 0 aromatic carbocycles. The van der Waals surface area contributed by atoms with Crippen LogP contribution in [-0.2, 0) is 14.3 Å². The number of carbonyl (C=O) groups excluding carboxylic acids is 2. The average molecular weight is 383 g/mol. The standard InChI is InChI=1S/C18H30N4O3S/c1-13(2)17(19)18(24)20-11-16(23)21(3)12-14(15-5-4-10-26-15)22-6-8-25-9-7-22/h4-5,10,13-14,17H,6-9,11-12,19H2,1-3H3,(H,20,24)/t14?,17-/m0/s1. The van der Waals surface area contributed by atoms with Crippen LogP contribution in [0.4, 0.5) is 0 Å². The first-order valence-corrected chi connectivity index (χ1v) is 9.90. The lowest BCUT2D eigenvalue weighted by Gasteiger charge is -2.36. The number of nitrogens with zero attached hydrogens (tertiary/aromatic N) is 2. The third-order valence-electron chi connectivity index (χ3n) is 4.67. The molecule has 0 bridgehead atoms. The van der Waals surface area contributed by atoms with Gasteiger partial charge in [-0.1, -0.05) is 19.9 Å². The average Bonchev–Trinajstić information content (AvgIpc) is 3.17. The van der Waals surface area contributed by atoms with Crippen LogP contribution in [0.1, 0.15) is 24.8 Å². The number of carbonyl (C=O) groups is 2. The highest BCUT2D eigenvalue weighted by Gasteiger charge is 2.26. The molecule has 0 radical (unpaired) electrons. The van der Waals surface area contributed by atoms with Gasteiger partial charge in [0.05, 0.1) is 31.8 Å². The lowest BCUT2D eigenvalue weighted by atomic mass is 10.1. The Morgan fingerprint density at radius 3 is 2.65 bits per heavy atom. The monoisotopic (exact) mass is 382 g/mol.